The third kappa shape index (κ3) is 5.39. The van der Waals surface area contributed by atoms with Crippen molar-refractivity contribution in [3.8, 4) is 5.69 Å². The van der Waals surface area contributed by atoms with E-state index in [0.29, 0.717) is 36.9 Å². The van der Waals surface area contributed by atoms with Gasteiger partial charge in [0.2, 0.25) is 5.95 Å². The van der Waals surface area contributed by atoms with Crippen LogP contribution >= 0.6 is 0 Å². The van der Waals surface area contributed by atoms with Crippen molar-refractivity contribution in [1.82, 2.24) is 29.2 Å². The number of nitrogens with zero attached hydrogens (tertiary/aromatic N) is 6. The Hall–Kier alpha value is -3.27. The highest BCUT2D eigenvalue weighted by molar-refractivity contribution is 5.68. The summed E-state index contributed by atoms with van der Waals surface area (Å²) in [5.74, 6) is 0.572. The van der Waals surface area contributed by atoms with E-state index < -0.39 is 23.7 Å². The van der Waals surface area contributed by atoms with Gasteiger partial charge in [-0.3, -0.25) is 4.90 Å². The van der Waals surface area contributed by atoms with Crippen molar-refractivity contribution < 1.29 is 18.7 Å². The highest BCUT2D eigenvalue weighted by Crippen LogP contribution is 2.26. The molecular weight excluding hydrogens is 427 g/mol. The summed E-state index contributed by atoms with van der Waals surface area (Å²) < 4.78 is 28.4. The Morgan fingerprint density at radius 2 is 2.09 bits per heavy atom. The summed E-state index contributed by atoms with van der Waals surface area (Å²) >= 11 is 0. The van der Waals surface area contributed by atoms with Crippen molar-refractivity contribution in [2.24, 2.45) is 7.05 Å². The highest BCUT2D eigenvalue weighted by Gasteiger charge is 2.35. The number of hydrogen-bond donors (Lipinski definition) is 0. The maximum atomic E-state index is 13.4. The molecule has 1 atom stereocenters. The lowest BCUT2D eigenvalue weighted by Crippen LogP contribution is -2.46. The Balaban J connectivity index is 1.66. The molecule has 176 valence electrons. The van der Waals surface area contributed by atoms with Crippen LogP contribution < -0.4 is 0 Å². The minimum atomic E-state index is -0.618. The third-order valence-corrected chi connectivity index (χ3v) is 5.36. The van der Waals surface area contributed by atoms with Crippen molar-refractivity contribution in [1.29, 1.82) is 0 Å². The van der Waals surface area contributed by atoms with Gasteiger partial charge >= 0.3 is 6.09 Å². The number of hydrogen-bond acceptors (Lipinski definition) is 6. The quantitative estimate of drug-likeness (QED) is 0.548. The van der Waals surface area contributed by atoms with Gasteiger partial charge < -0.3 is 14.0 Å². The van der Waals surface area contributed by atoms with Gasteiger partial charge in [0.05, 0.1) is 25.1 Å². The Morgan fingerprint density at radius 3 is 2.76 bits per heavy atom. The molecule has 3 aromatic heterocycles. The summed E-state index contributed by atoms with van der Waals surface area (Å²) in [5.41, 5.74) is 1.13. The van der Waals surface area contributed by atoms with Gasteiger partial charge in [-0.1, -0.05) is 0 Å². The van der Waals surface area contributed by atoms with Gasteiger partial charge in [-0.2, -0.15) is 4.39 Å². The predicted molar refractivity (Wildman–Crippen MR) is 118 cm³/mol. The number of amides is 1. The standard InChI is InChI=1S/C23H29FN6O3/c1-23(2,3)33-22(31)29-12-13-32-15-18(29)21-26-20(10-8-16-6-5-11-28(16)4)30(27-21)17-7-9-19(24)25-14-17/h5-7,9,11,14,18H,8,10,12-13,15H2,1-4H3. The smallest absolute Gasteiger partial charge is 0.411 e. The van der Waals surface area contributed by atoms with Gasteiger partial charge in [-0.25, -0.2) is 19.4 Å². The molecule has 1 unspecified atom stereocenters. The molecule has 3 aromatic rings. The second-order valence-corrected chi connectivity index (χ2v) is 9.01. The Bertz CT molecular complexity index is 1100. The SMILES string of the molecule is Cn1cccc1CCc1nc(C2COCCN2C(=O)OC(C)(C)C)nn1-c1ccc(F)nc1. The van der Waals surface area contributed by atoms with E-state index in [2.05, 4.69) is 15.6 Å². The van der Waals surface area contributed by atoms with Gasteiger partial charge in [-0.15, -0.1) is 5.10 Å². The number of aromatic nitrogens is 5. The molecule has 0 aromatic carbocycles. The first-order valence-electron chi connectivity index (χ1n) is 11.0. The highest BCUT2D eigenvalue weighted by atomic mass is 19.1. The fourth-order valence-corrected chi connectivity index (χ4v) is 3.72. The number of aryl methyl sites for hydroxylation is 3. The molecule has 0 aliphatic carbocycles. The summed E-state index contributed by atoms with van der Waals surface area (Å²) in [5, 5.41) is 4.69. The number of morpholine rings is 1. The number of carbonyl (C=O) groups is 1. The van der Waals surface area contributed by atoms with Crippen molar-refractivity contribution in [2.75, 3.05) is 19.8 Å². The van der Waals surface area contributed by atoms with E-state index in [1.54, 1.807) is 15.6 Å². The predicted octanol–water partition coefficient (Wildman–Crippen LogP) is 3.23. The van der Waals surface area contributed by atoms with E-state index >= 15 is 0 Å². The summed E-state index contributed by atoms with van der Waals surface area (Å²) in [4.78, 5) is 23.0. The molecule has 0 spiro atoms. The second-order valence-electron chi connectivity index (χ2n) is 9.01. The van der Waals surface area contributed by atoms with Gasteiger partial charge in [0.15, 0.2) is 5.82 Å². The monoisotopic (exact) mass is 456 g/mol. The Labute approximate surface area is 192 Å². The molecule has 0 N–H and O–H groups in total. The molecule has 1 aliphatic heterocycles. The van der Waals surface area contributed by atoms with Crippen molar-refractivity contribution in [3.05, 3.63) is 59.9 Å². The van der Waals surface area contributed by atoms with Crippen LogP contribution in [-0.4, -0.2) is 60.7 Å². The molecule has 33 heavy (non-hydrogen) atoms. The second kappa shape index (κ2) is 9.30. The van der Waals surface area contributed by atoms with E-state index in [1.165, 1.54) is 12.3 Å². The molecular formula is C23H29FN6O3. The van der Waals surface area contributed by atoms with Crippen LogP contribution in [0, 0.1) is 5.95 Å². The maximum absolute atomic E-state index is 13.4. The first-order valence-corrected chi connectivity index (χ1v) is 11.0. The van der Waals surface area contributed by atoms with E-state index in [-0.39, 0.29) is 6.61 Å². The number of halogens is 1. The van der Waals surface area contributed by atoms with Crippen LogP contribution in [0.4, 0.5) is 9.18 Å². The molecule has 0 bridgehead atoms. The molecule has 0 saturated carbocycles. The lowest BCUT2D eigenvalue weighted by atomic mass is 10.2. The molecule has 1 amide bonds. The molecule has 10 heteroatoms. The average Bonchev–Trinajstić information content (AvgIpc) is 3.37. The van der Waals surface area contributed by atoms with E-state index in [9.17, 15) is 9.18 Å². The van der Waals surface area contributed by atoms with Crippen LogP contribution in [0.3, 0.4) is 0 Å². The van der Waals surface area contributed by atoms with Crippen LogP contribution in [-0.2, 0) is 29.4 Å². The number of carbonyl (C=O) groups excluding carboxylic acids is 1. The zero-order valence-electron chi connectivity index (χ0n) is 19.4. The van der Waals surface area contributed by atoms with Gasteiger partial charge in [0.1, 0.15) is 17.5 Å². The molecule has 4 rings (SSSR count). The largest absolute Gasteiger partial charge is 0.444 e. The van der Waals surface area contributed by atoms with Crippen molar-refractivity contribution >= 4 is 6.09 Å². The average molecular weight is 457 g/mol. The number of pyridine rings is 1. The van der Waals surface area contributed by atoms with Crippen LogP contribution in [0.25, 0.3) is 5.69 Å². The van der Waals surface area contributed by atoms with E-state index in [1.807, 2.05) is 40.1 Å². The lowest BCUT2D eigenvalue weighted by Gasteiger charge is -2.35. The number of rotatable bonds is 5. The van der Waals surface area contributed by atoms with Crippen molar-refractivity contribution in [3.63, 3.8) is 0 Å². The normalized spacial score (nSPS) is 16.8. The van der Waals surface area contributed by atoms with Crippen LogP contribution in [0.15, 0.2) is 36.7 Å². The Kier molecular flexibility index (Phi) is 6.46. The van der Waals surface area contributed by atoms with Gasteiger partial charge in [0, 0.05) is 31.9 Å². The van der Waals surface area contributed by atoms with Crippen molar-refractivity contribution in [2.45, 2.75) is 45.3 Å². The van der Waals surface area contributed by atoms with E-state index in [0.717, 1.165) is 12.1 Å². The van der Waals surface area contributed by atoms with Crippen LogP contribution in [0.1, 0.15) is 44.2 Å². The fraction of sp³-hybridized carbons (Fsp3) is 0.478. The fourth-order valence-electron chi connectivity index (χ4n) is 3.72. The summed E-state index contributed by atoms with van der Waals surface area (Å²) in [6.45, 7) is 6.55. The maximum Gasteiger partial charge on any atom is 0.411 e. The van der Waals surface area contributed by atoms with Crippen LogP contribution in [0.5, 0.6) is 0 Å². The molecule has 4 heterocycles. The lowest BCUT2D eigenvalue weighted by molar-refractivity contribution is -0.0350. The third-order valence-electron chi connectivity index (χ3n) is 5.36. The molecule has 1 saturated heterocycles. The molecule has 9 nitrogen and oxygen atoms in total. The van der Waals surface area contributed by atoms with Gasteiger partial charge in [-0.05, 0) is 51.5 Å². The zero-order valence-corrected chi connectivity index (χ0v) is 19.4. The summed E-state index contributed by atoms with van der Waals surface area (Å²) in [6, 6.07) is 6.45. The van der Waals surface area contributed by atoms with Crippen LogP contribution in [0.2, 0.25) is 0 Å². The molecule has 0 radical (unpaired) electrons. The molecule has 1 aliphatic rings. The first-order chi connectivity index (χ1) is 15.7. The minimum absolute atomic E-state index is 0.266. The van der Waals surface area contributed by atoms with Gasteiger partial charge in [0.25, 0.3) is 0 Å². The summed E-state index contributed by atoms with van der Waals surface area (Å²) in [7, 11) is 1.99. The topological polar surface area (TPSA) is 87.3 Å². The molecule has 1 fully saturated rings. The van der Waals surface area contributed by atoms with E-state index in [4.69, 9.17) is 19.6 Å². The minimum Gasteiger partial charge on any atom is -0.444 e. The summed E-state index contributed by atoms with van der Waals surface area (Å²) in [6.07, 6.45) is 4.33. The Morgan fingerprint density at radius 1 is 1.27 bits per heavy atom. The zero-order chi connectivity index (χ0) is 23.6. The first kappa shape index (κ1) is 22.9. The number of ether oxygens (including phenoxy) is 2.